The molecule has 2 nitrogen and oxygen atoms in total. The van der Waals surface area contributed by atoms with E-state index in [0.29, 0.717) is 23.4 Å². The predicted octanol–water partition coefficient (Wildman–Crippen LogP) is 3.37. The van der Waals surface area contributed by atoms with Gasteiger partial charge in [0.05, 0.1) is 0 Å². The van der Waals surface area contributed by atoms with E-state index in [1.807, 2.05) is 0 Å². The monoisotopic (exact) mass is 285 g/mol. The lowest BCUT2D eigenvalue weighted by Gasteiger charge is -2.30. The Morgan fingerprint density at radius 3 is 2.63 bits per heavy atom. The van der Waals surface area contributed by atoms with Crippen molar-refractivity contribution in [3.05, 3.63) is 34.6 Å². The Balaban J connectivity index is 1.82. The second kappa shape index (κ2) is 7.22. The molecule has 1 aromatic rings. The van der Waals surface area contributed by atoms with Crippen LogP contribution in [-0.2, 0) is 6.54 Å². The molecule has 0 radical (unpaired) electrons. The molecule has 0 amide bonds. The summed E-state index contributed by atoms with van der Waals surface area (Å²) in [5.74, 6) is 0.648. The largest absolute Gasteiger partial charge is 0.396 e. The van der Waals surface area contributed by atoms with Crippen LogP contribution in [-0.4, -0.2) is 18.3 Å². The van der Waals surface area contributed by atoms with E-state index in [0.717, 1.165) is 18.5 Å². The third kappa shape index (κ3) is 4.44. The van der Waals surface area contributed by atoms with Gasteiger partial charge in [-0.25, -0.2) is 4.39 Å². The average Bonchev–Trinajstić information content (AvgIpc) is 2.38. The van der Waals surface area contributed by atoms with Gasteiger partial charge in [-0.05, 0) is 55.0 Å². The Kier molecular flexibility index (Phi) is 5.61. The topological polar surface area (TPSA) is 32.3 Å². The van der Waals surface area contributed by atoms with E-state index in [1.54, 1.807) is 6.07 Å². The maximum Gasteiger partial charge on any atom is 0.125 e. The summed E-state index contributed by atoms with van der Waals surface area (Å²) in [6.07, 6.45) is 4.76. The predicted molar refractivity (Wildman–Crippen MR) is 75.7 cm³/mol. The van der Waals surface area contributed by atoms with Gasteiger partial charge in [-0.1, -0.05) is 24.4 Å². The van der Waals surface area contributed by atoms with Crippen LogP contribution in [0.2, 0.25) is 5.02 Å². The highest BCUT2D eigenvalue weighted by Gasteiger charge is 2.23. The molecule has 1 fully saturated rings. The fourth-order valence-corrected chi connectivity index (χ4v) is 3.15. The summed E-state index contributed by atoms with van der Waals surface area (Å²) >= 11 is 5.82. The lowest BCUT2D eigenvalue weighted by molar-refractivity contribution is 0.133. The molecule has 106 valence electrons. The molecule has 0 bridgehead atoms. The van der Waals surface area contributed by atoms with Gasteiger partial charge in [0.25, 0.3) is 0 Å². The molecule has 0 saturated heterocycles. The second-order valence-electron chi connectivity index (χ2n) is 5.40. The lowest BCUT2D eigenvalue weighted by atomic mass is 9.79. The molecule has 2 N–H and O–H groups in total. The van der Waals surface area contributed by atoms with Crippen LogP contribution < -0.4 is 5.32 Å². The molecule has 0 aromatic heterocycles. The highest BCUT2D eigenvalue weighted by molar-refractivity contribution is 6.30. The SMILES string of the molecule is OCC1CCCCC1CNCc1cc(F)cc(Cl)c1. The van der Waals surface area contributed by atoms with Crippen molar-refractivity contribution in [1.82, 2.24) is 5.32 Å². The number of hydrogen-bond donors (Lipinski definition) is 2. The molecule has 2 rings (SSSR count). The normalized spacial score (nSPS) is 23.5. The molecule has 2 unspecified atom stereocenters. The van der Waals surface area contributed by atoms with Crippen molar-refractivity contribution in [3.63, 3.8) is 0 Å². The third-order valence-electron chi connectivity index (χ3n) is 3.96. The summed E-state index contributed by atoms with van der Waals surface area (Å²) < 4.78 is 13.2. The van der Waals surface area contributed by atoms with Crippen LogP contribution >= 0.6 is 11.6 Å². The molecule has 1 aliphatic carbocycles. The molecule has 0 heterocycles. The summed E-state index contributed by atoms with van der Waals surface area (Å²) in [7, 11) is 0. The Hall–Kier alpha value is -0.640. The van der Waals surface area contributed by atoms with Gasteiger partial charge < -0.3 is 10.4 Å². The number of nitrogens with one attached hydrogen (secondary N) is 1. The number of halogens is 2. The van der Waals surface area contributed by atoms with Crippen molar-refractivity contribution in [2.75, 3.05) is 13.2 Å². The van der Waals surface area contributed by atoms with Crippen LogP contribution in [0.4, 0.5) is 4.39 Å². The quantitative estimate of drug-likeness (QED) is 0.869. The fourth-order valence-electron chi connectivity index (χ4n) is 2.91. The number of aliphatic hydroxyl groups is 1. The zero-order chi connectivity index (χ0) is 13.7. The minimum atomic E-state index is -0.296. The first-order chi connectivity index (χ1) is 9.19. The van der Waals surface area contributed by atoms with Gasteiger partial charge in [0, 0.05) is 18.2 Å². The summed E-state index contributed by atoms with van der Waals surface area (Å²) in [5, 5.41) is 13.1. The van der Waals surface area contributed by atoms with Gasteiger partial charge >= 0.3 is 0 Å². The smallest absolute Gasteiger partial charge is 0.125 e. The van der Waals surface area contributed by atoms with Gasteiger partial charge in [0.1, 0.15) is 5.82 Å². The van der Waals surface area contributed by atoms with E-state index >= 15 is 0 Å². The highest BCUT2D eigenvalue weighted by Crippen LogP contribution is 2.29. The van der Waals surface area contributed by atoms with Crippen LogP contribution in [0.25, 0.3) is 0 Å². The van der Waals surface area contributed by atoms with Crippen molar-refractivity contribution in [2.24, 2.45) is 11.8 Å². The first-order valence-electron chi connectivity index (χ1n) is 6.95. The van der Waals surface area contributed by atoms with Gasteiger partial charge in [-0.15, -0.1) is 0 Å². The van der Waals surface area contributed by atoms with E-state index in [1.165, 1.54) is 31.4 Å². The van der Waals surface area contributed by atoms with Crippen LogP contribution in [0.3, 0.4) is 0 Å². The summed E-state index contributed by atoms with van der Waals surface area (Å²) in [4.78, 5) is 0. The first-order valence-corrected chi connectivity index (χ1v) is 7.33. The van der Waals surface area contributed by atoms with Crippen LogP contribution in [0.5, 0.6) is 0 Å². The van der Waals surface area contributed by atoms with Crippen molar-refractivity contribution >= 4 is 11.6 Å². The van der Waals surface area contributed by atoms with Crippen LogP contribution in [0.1, 0.15) is 31.2 Å². The Labute approximate surface area is 119 Å². The summed E-state index contributed by atoms with van der Waals surface area (Å²) in [5.41, 5.74) is 0.862. The van der Waals surface area contributed by atoms with E-state index in [2.05, 4.69) is 5.32 Å². The van der Waals surface area contributed by atoms with E-state index in [9.17, 15) is 9.50 Å². The Morgan fingerprint density at radius 2 is 1.95 bits per heavy atom. The zero-order valence-electron chi connectivity index (χ0n) is 11.0. The minimum absolute atomic E-state index is 0.276. The van der Waals surface area contributed by atoms with Crippen molar-refractivity contribution in [3.8, 4) is 0 Å². The van der Waals surface area contributed by atoms with Gasteiger partial charge in [-0.2, -0.15) is 0 Å². The number of benzene rings is 1. The van der Waals surface area contributed by atoms with Crippen molar-refractivity contribution in [2.45, 2.75) is 32.2 Å². The van der Waals surface area contributed by atoms with Crippen molar-refractivity contribution in [1.29, 1.82) is 0 Å². The summed E-state index contributed by atoms with van der Waals surface area (Å²) in [6, 6.07) is 4.60. The molecular weight excluding hydrogens is 265 g/mol. The Morgan fingerprint density at radius 1 is 1.21 bits per heavy atom. The van der Waals surface area contributed by atoms with E-state index in [4.69, 9.17) is 11.6 Å². The summed E-state index contributed by atoms with van der Waals surface area (Å²) in [6.45, 7) is 1.77. The average molecular weight is 286 g/mol. The molecule has 4 heteroatoms. The highest BCUT2D eigenvalue weighted by atomic mass is 35.5. The number of hydrogen-bond acceptors (Lipinski definition) is 2. The van der Waals surface area contributed by atoms with Gasteiger partial charge in [0.15, 0.2) is 0 Å². The van der Waals surface area contributed by atoms with Gasteiger partial charge in [-0.3, -0.25) is 0 Å². The van der Waals surface area contributed by atoms with E-state index < -0.39 is 0 Å². The maximum absolute atomic E-state index is 13.2. The van der Waals surface area contributed by atoms with Crippen molar-refractivity contribution < 1.29 is 9.50 Å². The zero-order valence-corrected chi connectivity index (χ0v) is 11.8. The molecule has 0 spiro atoms. The molecular formula is C15H21ClFNO. The maximum atomic E-state index is 13.2. The Bertz CT molecular complexity index is 393. The van der Waals surface area contributed by atoms with Gasteiger partial charge in [0.2, 0.25) is 0 Å². The third-order valence-corrected chi connectivity index (χ3v) is 4.18. The number of aliphatic hydroxyl groups excluding tert-OH is 1. The molecule has 19 heavy (non-hydrogen) atoms. The molecule has 1 aliphatic rings. The second-order valence-corrected chi connectivity index (χ2v) is 5.83. The van der Waals surface area contributed by atoms with Crippen LogP contribution in [0.15, 0.2) is 18.2 Å². The molecule has 0 aliphatic heterocycles. The lowest BCUT2D eigenvalue weighted by Crippen LogP contribution is -2.32. The minimum Gasteiger partial charge on any atom is -0.396 e. The fraction of sp³-hybridized carbons (Fsp3) is 0.600. The van der Waals surface area contributed by atoms with Crippen LogP contribution in [0, 0.1) is 17.7 Å². The van der Waals surface area contributed by atoms with E-state index in [-0.39, 0.29) is 12.4 Å². The standard InChI is InChI=1S/C15H21ClFNO/c16-14-5-11(6-15(17)7-14)8-18-9-12-3-1-2-4-13(12)10-19/h5-7,12-13,18-19H,1-4,8-10H2. The first kappa shape index (κ1) is 14.8. The molecule has 1 aromatic carbocycles. The molecule has 1 saturated carbocycles. The number of rotatable bonds is 5. The molecule has 2 atom stereocenters.